The maximum absolute atomic E-state index is 14.2. The standard InChI is InChI=1S/C76H95N9O11/c1-7-18-50-30-33-82(34-31-50)57-28-24-52(25-29-57)55-38-59-45-78-64-43-68(66(94-6)40-62(64)76(92)85(59)47-55)96-36-17-35-95-67-42-63-61(39-65(67)93-5)75(91)84-46-54(37-58(84)44-77-63)51-22-26-56(27-23-51)80-72(88)49(4)79-73(89)71(48(2)3)81-69(86)21-15-12-16-32-83-70(87)41-60(74(83)90)53-19-13-10-8-9-11-14-20-53/h22-29,39-40,42-50,53,58-60,71H,7-21,30-38,41H2,1-6H3,(H,79,89)(H,80,88)(H,81,86)/t49-,58-,59-,60?,71?/m0/s1. The van der Waals surface area contributed by atoms with Crippen molar-refractivity contribution in [1.29, 1.82) is 0 Å². The molecular formula is C76H95N9O11. The number of rotatable bonds is 26. The lowest BCUT2D eigenvalue weighted by atomic mass is 9.83. The number of methoxy groups -OCH3 is 2. The summed E-state index contributed by atoms with van der Waals surface area (Å²) in [6.07, 6.45) is 25.5. The molecule has 7 aliphatic rings. The van der Waals surface area contributed by atoms with Crippen LogP contribution in [0.1, 0.15) is 188 Å². The Morgan fingerprint density at radius 2 is 1.17 bits per heavy atom. The zero-order valence-corrected chi connectivity index (χ0v) is 56.7. The zero-order chi connectivity index (χ0) is 67.4. The van der Waals surface area contributed by atoms with E-state index in [1.54, 1.807) is 66.4 Å². The van der Waals surface area contributed by atoms with Crippen molar-refractivity contribution in [2.45, 2.75) is 180 Å². The molecule has 0 radical (unpaired) electrons. The summed E-state index contributed by atoms with van der Waals surface area (Å²) in [7, 11) is 3.07. The Morgan fingerprint density at radius 1 is 0.615 bits per heavy atom. The summed E-state index contributed by atoms with van der Waals surface area (Å²) < 4.78 is 23.9. The van der Waals surface area contributed by atoms with E-state index in [0.29, 0.717) is 103 Å². The molecule has 6 aliphatic heterocycles. The minimum absolute atomic E-state index is 0.0275. The second-order valence-electron chi connectivity index (χ2n) is 27.2. The molecule has 2 saturated heterocycles. The van der Waals surface area contributed by atoms with Crippen LogP contribution in [0.5, 0.6) is 23.0 Å². The highest BCUT2D eigenvalue weighted by Crippen LogP contribution is 2.43. The Hall–Kier alpha value is -8.81. The molecule has 4 aromatic carbocycles. The van der Waals surface area contributed by atoms with Gasteiger partial charge in [-0.3, -0.25) is 48.4 Å². The molecule has 6 heterocycles. The maximum atomic E-state index is 14.2. The fourth-order valence-corrected chi connectivity index (χ4v) is 14.6. The highest BCUT2D eigenvalue weighted by molar-refractivity contribution is 6.07. The summed E-state index contributed by atoms with van der Waals surface area (Å²) in [6, 6.07) is 20.5. The topological polar surface area (TPSA) is 230 Å². The number of amides is 7. The molecule has 7 amide bonds. The minimum atomic E-state index is -0.923. The molecule has 1 saturated carbocycles. The first-order valence-corrected chi connectivity index (χ1v) is 35.1. The lowest BCUT2D eigenvalue weighted by Crippen LogP contribution is -2.53. The number of carbonyl (C=O) groups is 7. The van der Waals surface area contributed by atoms with E-state index < -0.39 is 23.9 Å². The molecular weight excluding hydrogens is 1210 g/mol. The Morgan fingerprint density at radius 3 is 1.71 bits per heavy atom. The second kappa shape index (κ2) is 31.8. The van der Waals surface area contributed by atoms with E-state index in [-0.39, 0.29) is 79.0 Å². The van der Waals surface area contributed by atoms with Crippen molar-refractivity contribution in [1.82, 2.24) is 25.3 Å². The number of carbonyl (C=O) groups excluding carboxylic acids is 7. The number of nitrogens with zero attached hydrogens (tertiary/aromatic N) is 6. The Labute approximate surface area is 564 Å². The third-order valence-corrected chi connectivity index (χ3v) is 20.2. The molecule has 3 fully saturated rings. The monoisotopic (exact) mass is 1310 g/mol. The van der Waals surface area contributed by atoms with Crippen molar-refractivity contribution >= 4 is 87.7 Å². The van der Waals surface area contributed by atoms with Gasteiger partial charge in [0.05, 0.1) is 67.9 Å². The predicted molar refractivity (Wildman–Crippen MR) is 372 cm³/mol. The van der Waals surface area contributed by atoms with E-state index in [9.17, 15) is 33.6 Å². The Balaban J connectivity index is 0.612. The molecule has 96 heavy (non-hydrogen) atoms. The number of fused-ring (bicyclic) bond motifs is 4. The molecule has 0 aromatic heterocycles. The number of nitrogens with one attached hydrogen (secondary N) is 3. The van der Waals surface area contributed by atoms with E-state index in [1.807, 2.05) is 44.6 Å². The molecule has 2 unspecified atom stereocenters. The van der Waals surface area contributed by atoms with Crippen LogP contribution in [0.25, 0.3) is 11.1 Å². The van der Waals surface area contributed by atoms with Gasteiger partial charge in [0.2, 0.25) is 29.5 Å². The van der Waals surface area contributed by atoms with E-state index >= 15 is 0 Å². The van der Waals surface area contributed by atoms with Crippen LogP contribution in [0.15, 0.2) is 95.2 Å². The molecule has 5 atom stereocenters. The van der Waals surface area contributed by atoms with Crippen molar-refractivity contribution in [2.24, 2.45) is 33.7 Å². The van der Waals surface area contributed by atoms with Crippen molar-refractivity contribution in [3.63, 3.8) is 0 Å². The van der Waals surface area contributed by atoms with Crippen LogP contribution in [0.2, 0.25) is 0 Å². The maximum Gasteiger partial charge on any atom is 0.260 e. The SMILES string of the molecule is CCCC1CCN(c2ccc(C3=CN4C(=O)c5cc(OC)c(OCCCOc6cc7c(cc6OC)C(=O)N6C=C(c8ccc(NC(=O)[C@H](C)NC(=O)C(NC(=O)CCCCCN9C(=O)CC(C%10CCCCCCCC%10)C9=O)C(C)C)cc8)C[C@H]6C=N7)cc5N=C[C@@H]4C3)cc2)CC1. The van der Waals surface area contributed by atoms with Crippen LogP contribution in [0.4, 0.5) is 22.7 Å². The molecule has 3 N–H and O–H groups in total. The van der Waals surface area contributed by atoms with Gasteiger partial charge in [-0.15, -0.1) is 0 Å². The Bertz CT molecular complexity index is 3620. The van der Waals surface area contributed by atoms with Gasteiger partial charge >= 0.3 is 0 Å². The highest BCUT2D eigenvalue weighted by Gasteiger charge is 2.42. The molecule has 0 bridgehead atoms. The first-order chi connectivity index (χ1) is 46.6. The molecule has 11 rings (SSSR count). The van der Waals surface area contributed by atoms with Crippen LogP contribution in [0.3, 0.4) is 0 Å². The summed E-state index contributed by atoms with van der Waals surface area (Å²) in [5.74, 6) is 0.609. The highest BCUT2D eigenvalue weighted by atomic mass is 16.5. The van der Waals surface area contributed by atoms with Gasteiger partial charge < -0.3 is 49.6 Å². The first-order valence-electron chi connectivity index (χ1n) is 35.1. The van der Waals surface area contributed by atoms with Gasteiger partial charge in [-0.05, 0) is 122 Å². The Kier molecular flexibility index (Phi) is 22.7. The van der Waals surface area contributed by atoms with Gasteiger partial charge in [-0.2, -0.15) is 0 Å². The van der Waals surface area contributed by atoms with Crippen LogP contribution < -0.4 is 39.8 Å². The van der Waals surface area contributed by atoms with Crippen molar-refractivity contribution in [2.75, 3.05) is 57.3 Å². The van der Waals surface area contributed by atoms with Gasteiger partial charge in [0.25, 0.3) is 11.8 Å². The van der Waals surface area contributed by atoms with E-state index in [4.69, 9.17) is 28.9 Å². The number of aliphatic imine (C=N–C) groups is 2. The first kappa shape index (κ1) is 68.6. The van der Waals surface area contributed by atoms with Crippen LogP contribution >= 0.6 is 0 Å². The quantitative estimate of drug-likeness (QED) is 0.0394. The summed E-state index contributed by atoms with van der Waals surface area (Å²) in [4.78, 5) is 112. The summed E-state index contributed by atoms with van der Waals surface area (Å²) in [6.45, 7) is 10.6. The predicted octanol–water partition coefficient (Wildman–Crippen LogP) is 12.8. The third-order valence-electron chi connectivity index (χ3n) is 20.2. The largest absolute Gasteiger partial charge is 0.493 e. The number of anilines is 2. The van der Waals surface area contributed by atoms with Gasteiger partial charge in [0, 0.05) is 100 Å². The van der Waals surface area contributed by atoms with E-state index in [2.05, 4.69) is 52.0 Å². The van der Waals surface area contributed by atoms with Gasteiger partial charge in [-0.1, -0.05) is 103 Å². The normalized spacial score (nSPS) is 20.4. The van der Waals surface area contributed by atoms with Gasteiger partial charge in [0.1, 0.15) is 12.1 Å². The number of hydrogen-bond donors (Lipinski definition) is 3. The smallest absolute Gasteiger partial charge is 0.260 e. The van der Waals surface area contributed by atoms with Crippen LogP contribution in [-0.4, -0.2) is 140 Å². The van der Waals surface area contributed by atoms with Crippen LogP contribution in [0, 0.1) is 23.7 Å². The lowest BCUT2D eigenvalue weighted by Gasteiger charge is -2.33. The molecule has 0 spiro atoms. The number of likely N-dealkylation sites (tertiary alicyclic amines) is 1. The molecule has 4 aromatic rings. The minimum Gasteiger partial charge on any atom is -0.493 e. The second-order valence-corrected chi connectivity index (χ2v) is 27.2. The number of benzene rings is 4. The van der Waals surface area contributed by atoms with Gasteiger partial charge in [-0.25, -0.2) is 0 Å². The fraction of sp³-hybridized carbons (Fsp3) is 0.513. The molecule has 1 aliphatic carbocycles. The summed E-state index contributed by atoms with van der Waals surface area (Å²) in [5, 5.41) is 8.49. The van der Waals surface area contributed by atoms with Gasteiger partial charge in [0.15, 0.2) is 23.0 Å². The van der Waals surface area contributed by atoms with Crippen molar-refractivity contribution in [3.05, 3.63) is 107 Å². The van der Waals surface area contributed by atoms with E-state index in [0.717, 1.165) is 67.0 Å². The lowest BCUT2D eigenvalue weighted by molar-refractivity contribution is -0.140. The number of ether oxygens (including phenoxy) is 4. The van der Waals surface area contributed by atoms with E-state index in [1.165, 1.54) is 69.1 Å². The number of imide groups is 1. The molecule has 20 nitrogen and oxygen atoms in total. The zero-order valence-electron chi connectivity index (χ0n) is 56.7. The van der Waals surface area contributed by atoms with Crippen LogP contribution in [-0.2, 0) is 24.0 Å². The van der Waals surface area contributed by atoms with Crippen molar-refractivity contribution < 1.29 is 52.5 Å². The fourth-order valence-electron chi connectivity index (χ4n) is 14.6. The molecule has 20 heteroatoms. The molecule has 510 valence electrons. The number of hydrogen-bond acceptors (Lipinski definition) is 14. The number of piperidine rings is 1. The average molecular weight is 1310 g/mol. The average Bonchev–Trinajstić information content (AvgIpc) is 1.61. The third kappa shape index (κ3) is 16.2. The summed E-state index contributed by atoms with van der Waals surface area (Å²) >= 11 is 0. The van der Waals surface area contributed by atoms with Crippen molar-refractivity contribution in [3.8, 4) is 23.0 Å². The number of unbranched alkanes of at least 4 members (excludes halogenated alkanes) is 2. The summed E-state index contributed by atoms with van der Waals surface area (Å²) in [5.41, 5.74) is 7.45.